The Morgan fingerprint density at radius 3 is 2.56 bits per heavy atom. The summed E-state index contributed by atoms with van der Waals surface area (Å²) in [5, 5.41) is -0.209. The van der Waals surface area contributed by atoms with Gasteiger partial charge in [-0.25, -0.2) is 28.4 Å². The molecule has 25 heavy (non-hydrogen) atoms. The number of sulfone groups is 1. The van der Waals surface area contributed by atoms with Gasteiger partial charge in [0.15, 0.2) is 0 Å². The number of anilines is 2. The number of aromatic nitrogens is 4. The third-order valence-corrected chi connectivity index (χ3v) is 5.32. The van der Waals surface area contributed by atoms with E-state index in [2.05, 4.69) is 24.8 Å². The first-order valence-corrected chi connectivity index (χ1v) is 9.84. The van der Waals surface area contributed by atoms with E-state index in [0.29, 0.717) is 30.2 Å². The van der Waals surface area contributed by atoms with Crippen LogP contribution >= 0.6 is 0 Å². The SMILES string of the molecule is CS(=O)(=O)c1nc(-c2cnc(N)nc2)cc(N2C[C@@H]3CC[C@H]2CO3)n1. The number of hydrogen-bond donors (Lipinski definition) is 1. The van der Waals surface area contributed by atoms with Crippen LogP contribution in [0.25, 0.3) is 11.3 Å². The second-order valence-electron chi connectivity index (χ2n) is 6.33. The van der Waals surface area contributed by atoms with Crippen LogP contribution in [0.5, 0.6) is 0 Å². The summed E-state index contributed by atoms with van der Waals surface area (Å²) in [7, 11) is -3.56. The van der Waals surface area contributed by atoms with E-state index in [1.54, 1.807) is 6.07 Å². The van der Waals surface area contributed by atoms with Gasteiger partial charge in [-0.3, -0.25) is 0 Å². The quantitative estimate of drug-likeness (QED) is 0.767. The summed E-state index contributed by atoms with van der Waals surface area (Å²) in [5.74, 6) is 0.729. The van der Waals surface area contributed by atoms with E-state index < -0.39 is 9.84 Å². The molecule has 2 aromatic heterocycles. The molecule has 0 saturated carbocycles. The van der Waals surface area contributed by atoms with Crippen LogP contribution in [-0.2, 0) is 14.6 Å². The van der Waals surface area contributed by atoms with E-state index >= 15 is 0 Å². The summed E-state index contributed by atoms with van der Waals surface area (Å²) in [6, 6.07) is 1.97. The summed E-state index contributed by atoms with van der Waals surface area (Å²) in [5.41, 5.74) is 6.55. The minimum Gasteiger partial charge on any atom is -0.374 e. The van der Waals surface area contributed by atoms with Gasteiger partial charge in [0, 0.05) is 36.8 Å². The van der Waals surface area contributed by atoms with Crippen molar-refractivity contribution < 1.29 is 13.2 Å². The molecule has 2 bridgehead atoms. The van der Waals surface area contributed by atoms with Crippen molar-refractivity contribution in [3.8, 4) is 11.3 Å². The van der Waals surface area contributed by atoms with Gasteiger partial charge in [-0.2, -0.15) is 0 Å². The first kappa shape index (κ1) is 16.2. The van der Waals surface area contributed by atoms with Gasteiger partial charge in [-0.15, -0.1) is 0 Å². The molecule has 3 aliphatic rings. The second kappa shape index (κ2) is 5.88. The zero-order chi connectivity index (χ0) is 17.6. The number of nitrogens with zero attached hydrogens (tertiary/aromatic N) is 5. The highest BCUT2D eigenvalue weighted by molar-refractivity contribution is 7.90. The summed E-state index contributed by atoms with van der Waals surface area (Å²) in [6.45, 7) is 1.33. The van der Waals surface area contributed by atoms with Gasteiger partial charge in [-0.05, 0) is 12.8 Å². The van der Waals surface area contributed by atoms with Gasteiger partial charge in [0.25, 0.3) is 0 Å². The minimum absolute atomic E-state index is 0.145. The average Bonchev–Trinajstić information content (AvgIpc) is 2.62. The maximum absolute atomic E-state index is 12.0. The van der Waals surface area contributed by atoms with Gasteiger partial charge < -0.3 is 15.4 Å². The molecule has 2 N–H and O–H groups in total. The topological polar surface area (TPSA) is 124 Å². The summed E-state index contributed by atoms with van der Waals surface area (Å²) < 4.78 is 29.8. The van der Waals surface area contributed by atoms with Crippen LogP contribution in [0.3, 0.4) is 0 Å². The third kappa shape index (κ3) is 3.14. The average molecular weight is 362 g/mol. The molecule has 5 heterocycles. The highest BCUT2D eigenvalue weighted by Crippen LogP contribution is 2.32. The largest absolute Gasteiger partial charge is 0.374 e. The molecule has 2 aromatic rings. The Hall–Kier alpha value is -2.33. The normalized spacial score (nSPS) is 23.0. The summed E-state index contributed by atoms with van der Waals surface area (Å²) in [4.78, 5) is 18.5. The van der Waals surface area contributed by atoms with Crippen molar-refractivity contribution in [2.24, 2.45) is 0 Å². The number of ether oxygens (including phenoxy) is 1. The summed E-state index contributed by atoms with van der Waals surface area (Å²) >= 11 is 0. The van der Waals surface area contributed by atoms with E-state index in [4.69, 9.17) is 10.5 Å². The van der Waals surface area contributed by atoms with Crippen molar-refractivity contribution in [3.63, 3.8) is 0 Å². The predicted molar refractivity (Wildman–Crippen MR) is 90.7 cm³/mol. The molecule has 0 radical (unpaired) electrons. The molecular weight excluding hydrogens is 344 g/mol. The highest BCUT2D eigenvalue weighted by atomic mass is 32.2. The molecule has 5 rings (SSSR count). The smallest absolute Gasteiger partial charge is 0.249 e. The zero-order valence-electron chi connectivity index (χ0n) is 13.7. The van der Waals surface area contributed by atoms with E-state index in [1.807, 2.05) is 0 Å². The monoisotopic (exact) mass is 362 g/mol. The number of rotatable bonds is 3. The zero-order valence-corrected chi connectivity index (χ0v) is 14.5. The number of morpholine rings is 1. The maximum Gasteiger partial charge on any atom is 0.249 e. The van der Waals surface area contributed by atoms with Gasteiger partial charge in [0.1, 0.15) is 5.82 Å². The molecule has 9 nitrogen and oxygen atoms in total. The lowest BCUT2D eigenvalue weighted by Crippen LogP contribution is -2.55. The lowest BCUT2D eigenvalue weighted by molar-refractivity contribution is -0.0229. The lowest BCUT2D eigenvalue weighted by Gasteiger charge is -2.45. The Morgan fingerprint density at radius 1 is 1.24 bits per heavy atom. The first-order chi connectivity index (χ1) is 11.9. The van der Waals surface area contributed by atoms with Crippen LogP contribution < -0.4 is 10.6 Å². The Kier molecular flexibility index (Phi) is 3.80. The molecule has 0 amide bonds. The van der Waals surface area contributed by atoms with Crippen LogP contribution in [0.4, 0.5) is 11.8 Å². The molecule has 0 aromatic carbocycles. The Bertz CT molecular complexity index is 894. The Morgan fingerprint density at radius 2 is 2.00 bits per heavy atom. The van der Waals surface area contributed by atoms with Crippen LogP contribution in [-0.4, -0.2) is 59.9 Å². The number of nitrogen functional groups attached to an aromatic ring is 1. The van der Waals surface area contributed by atoms with Crippen molar-refractivity contribution in [2.45, 2.75) is 30.1 Å². The number of fused-ring (bicyclic) bond motifs is 3. The molecule has 0 spiro atoms. The van der Waals surface area contributed by atoms with Gasteiger partial charge in [0.05, 0.1) is 24.4 Å². The van der Waals surface area contributed by atoms with E-state index in [-0.39, 0.29) is 23.3 Å². The number of nitrogens with two attached hydrogens (primary N) is 1. The Balaban J connectivity index is 1.81. The molecule has 2 atom stereocenters. The molecule has 0 unspecified atom stereocenters. The molecule has 132 valence electrons. The van der Waals surface area contributed by atoms with E-state index in [0.717, 1.165) is 19.1 Å². The van der Waals surface area contributed by atoms with Crippen molar-refractivity contribution in [3.05, 3.63) is 18.5 Å². The van der Waals surface area contributed by atoms with Crippen molar-refractivity contribution in [1.29, 1.82) is 0 Å². The number of piperidine rings is 1. The molecule has 10 heteroatoms. The molecule has 3 fully saturated rings. The Labute approximate surface area is 145 Å². The molecule has 3 aliphatic heterocycles. The minimum atomic E-state index is -3.56. The molecule has 3 saturated heterocycles. The highest BCUT2D eigenvalue weighted by Gasteiger charge is 2.36. The van der Waals surface area contributed by atoms with Gasteiger partial charge in [-0.1, -0.05) is 0 Å². The number of hydrogen-bond acceptors (Lipinski definition) is 9. The maximum atomic E-state index is 12.0. The lowest BCUT2D eigenvalue weighted by atomic mass is 9.97. The van der Waals surface area contributed by atoms with Crippen LogP contribution in [0, 0.1) is 0 Å². The van der Waals surface area contributed by atoms with Crippen LogP contribution in [0.15, 0.2) is 23.6 Å². The third-order valence-electron chi connectivity index (χ3n) is 4.47. The van der Waals surface area contributed by atoms with Gasteiger partial charge >= 0.3 is 0 Å². The fourth-order valence-electron chi connectivity index (χ4n) is 3.17. The summed E-state index contributed by atoms with van der Waals surface area (Å²) in [6.07, 6.45) is 6.32. The van der Waals surface area contributed by atoms with E-state index in [1.165, 1.54) is 12.4 Å². The fraction of sp³-hybridized carbons (Fsp3) is 0.467. The van der Waals surface area contributed by atoms with Crippen molar-refractivity contribution in [1.82, 2.24) is 19.9 Å². The van der Waals surface area contributed by atoms with Crippen molar-refractivity contribution in [2.75, 3.05) is 30.0 Å². The standard InChI is InChI=1S/C15H18N6O3S/c1-25(22,23)15-19-12(9-5-17-14(16)18-6-9)4-13(20-15)21-7-11-3-2-10(21)8-24-11/h4-6,10-11H,2-3,7-8H2,1H3,(H2,16,17,18)/t10-,11-/m0/s1. The van der Waals surface area contributed by atoms with Gasteiger partial charge in [0.2, 0.25) is 20.9 Å². The first-order valence-electron chi connectivity index (χ1n) is 7.95. The van der Waals surface area contributed by atoms with Crippen molar-refractivity contribution >= 4 is 21.6 Å². The fourth-order valence-corrected chi connectivity index (χ4v) is 3.70. The molecular formula is C15H18N6O3S. The van der Waals surface area contributed by atoms with Crippen LogP contribution in [0.1, 0.15) is 12.8 Å². The second-order valence-corrected chi connectivity index (χ2v) is 8.24. The van der Waals surface area contributed by atoms with E-state index in [9.17, 15) is 8.42 Å². The van der Waals surface area contributed by atoms with Crippen LogP contribution in [0.2, 0.25) is 0 Å². The predicted octanol–water partition coefficient (Wildman–Crippen LogP) is 0.287. The molecule has 0 aliphatic carbocycles.